The summed E-state index contributed by atoms with van der Waals surface area (Å²) in [5.41, 5.74) is 0. The van der Waals surface area contributed by atoms with Gasteiger partial charge in [0.15, 0.2) is 0 Å². The van der Waals surface area contributed by atoms with E-state index in [0.717, 1.165) is 6.42 Å². The van der Waals surface area contributed by atoms with E-state index in [1.165, 1.54) is 10.6 Å². The minimum Gasteiger partial charge on any atom is -0.212 e. The molecule has 1 rings (SSSR count). The predicted molar refractivity (Wildman–Crippen MR) is 30.5 cm³/mol. The van der Waals surface area contributed by atoms with Crippen molar-refractivity contribution in [2.45, 2.75) is 6.42 Å². The molecule has 8 heavy (non-hydrogen) atoms. The lowest BCUT2D eigenvalue weighted by Crippen LogP contribution is -2.36. The number of nitrogens with zero attached hydrogens (tertiary/aromatic N) is 1. The summed E-state index contributed by atoms with van der Waals surface area (Å²) in [5.74, 6) is 0. The minimum absolute atomic E-state index is 0.666. The topological polar surface area (TPSA) is 37.4 Å². The SMILES string of the molecule is CS(=O)(=O)N1[CH]CC1. The zero-order valence-corrected chi connectivity index (χ0v) is 5.48. The maximum Gasteiger partial charge on any atom is 0.211 e. The van der Waals surface area contributed by atoms with E-state index in [1.807, 2.05) is 0 Å². The average molecular weight is 134 g/mol. The Labute approximate surface area is 49.3 Å². The molecular weight excluding hydrogens is 126 g/mol. The van der Waals surface area contributed by atoms with Crippen LogP contribution in [0, 0.1) is 6.54 Å². The van der Waals surface area contributed by atoms with Gasteiger partial charge in [-0.1, -0.05) is 0 Å². The Morgan fingerprint density at radius 3 is 2.12 bits per heavy atom. The van der Waals surface area contributed by atoms with Crippen LogP contribution >= 0.6 is 0 Å². The van der Waals surface area contributed by atoms with Gasteiger partial charge in [-0.3, -0.25) is 0 Å². The van der Waals surface area contributed by atoms with Gasteiger partial charge in [0, 0.05) is 13.1 Å². The molecule has 0 unspecified atom stereocenters. The molecule has 47 valence electrons. The standard InChI is InChI=1S/C4H8NO2S/c1-8(6,7)5-3-2-4-5/h3H,2,4H2,1H3. The summed E-state index contributed by atoms with van der Waals surface area (Å²) in [6, 6.07) is 0. The van der Waals surface area contributed by atoms with Crippen molar-refractivity contribution in [3.05, 3.63) is 6.54 Å². The van der Waals surface area contributed by atoms with E-state index in [-0.39, 0.29) is 0 Å². The Balaban J connectivity index is 2.60. The normalized spacial score (nSPS) is 22.6. The minimum atomic E-state index is -2.89. The number of rotatable bonds is 1. The first kappa shape index (κ1) is 6.04. The van der Waals surface area contributed by atoms with Gasteiger partial charge < -0.3 is 0 Å². The van der Waals surface area contributed by atoms with Gasteiger partial charge in [-0.15, -0.1) is 0 Å². The van der Waals surface area contributed by atoms with Gasteiger partial charge in [-0.05, 0) is 6.42 Å². The van der Waals surface area contributed by atoms with Crippen molar-refractivity contribution in [2.24, 2.45) is 0 Å². The van der Waals surface area contributed by atoms with Gasteiger partial charge in [0.2, 0.25) is 10.0 Å². The highest BCUT2D eigenvalue weighted by molar-refractivity contribution is 7.88. The number of hydrogen-bond acceptors (Lipinski definition) is 2. The van der Waals surface area contributed by atoms with Gasteiger partial charge in [0.25, 0.3) is 0 Å². The van der Waals surface area contributed by atoms with E-state index >= 15 is 0 Å². The van der Waals surface area contributed by atoms with Crippen molar-refractivity contribution in [1.82, 2.24) is 4.31 Å². The van der Waals surface area contributed by atoms with Crippen molar-refractivity contribution in [3.8, 4) is 0 Å². The molecule has 0 bridgehead atoms. The molecular formula is C4H8NO2S. The summed E-state index contributed by atoms with van der Waals surface area (Å²) in [4.78, 5) is 0. The van der Waals surface area contributed by atoms with Gasteiger partial charge in [0.1, 0.15) is 0 Å². The maximum atomic E-state index is 10.5. The zero-order chi connectivity index (χ0) is 6.20. The van der Waals surface area contributed by atoms with Gasteiger partial charge in [-0.2, -0.15) is 4.31 Å². The van der Waals surface area contributed by atoms with E-state index in [1.54, 1.807) is 6.54 Å². The Morgan fingerprint density at radius 1 is 1.62 bits per heavy atom. The van der Waals surface area contributed by atoms with Crippen LogP contribution < -0.4 is 0 Å². The van der Waals surface area contributed by atoms with Crippen molar-refractivity contribution >= 4 is 10.0 Å². The molecule has 1 saturated heterocycles. The quantitative estimate of drug-likeness (QED) is 0.498. The highest BCUT2D eigenvalue weighted by Gasteiger charge is 2.22. The van der Waals surface area contributed by atoms with E-state index in [2.05, 4.69) is 0 Å². The van der Waals surface area contributed by atoms with Crippen LogP contribution in [0.4, 0.5) is 0 Å². The molecule has 0 aliphatic carbocycles. The second-order valence-electron chi connectivity index (χ2n) is 1.84. The lowest BCUT2D eigenvalue weighted by molar-refractivity contribution is 0.382. The fourth-order valence-electron chi connectivity index (χ4n) is 0.536. The third kappa shape index (κ3) is 1.00. The van der Waals surface area contributed by atoms with E-state index in [0.29, 0.717) is 6.54 Å². The average Bonchev–Trinajstić information content (AvgIpc) is 1.16. The first-order chi connectivity index (χ1) is 3.61. The molecule has 0 aromatic heterocycles. The Hall–Kier alpha value is -0.0900. The molecule has 0 saturated carbocycles. The summed E-state index contributed by atoms with van der Waals surface area (Å²) >= 11 is 0. The fraction of sp³-hybridized carbons (Fsp3) is 0.750. The number of hydrogen-bond donors (Lipinski definition) is 0. The third-order valence-corrected chi connectivity index (χ3v) is 2.29. The maximum absolute atomic E-state index is 10.5. The van der Waals surface area contributed by atoms with Crippen LogP contribution in [0.1, 0.15) is 6.42 Å². The van der Waals surface area contributed by atoms with Crippen LogP contribution in [0.15, 0.2) is 0 Å². The highest BCUT2D eigenvalue weighted by atomic mass is 32.2. The Bertz CT molecular complexity index is 168. The molecule has 0 aromatic carbocycles. The van der Waals surface area contributed by atoms with Crippen LogP contribution in [-0.2, 0) is 10.0 Å². The fourth-order valence-corrected chi connectivity index (χ4v) is 1.35. The highest BCUT2D eigenvalue weighted by Crippen LogP contribution is 2.14. The monoisotopic (exact) mass is 134 g/mol. The molecule has 0 amide bonds. The second-order valence-corrected chi connectivity index (χ2v) is 3.78. The molecule has 1 aliphatic heterocycles. The smallest absolute Gasteiger partial charge is 0.211 e. The van der Waals surface area contributed by atoms with Gasteiger partial charge in [-0.25, -0.2) is 8.42 Å². The zero-order valence-electron chi connectivity index (χ0n) is 4.66. The predicted octanol–water partition coefficient (Wildman–Crippen LogP) is -0.187. The summed E-state index contributed by atoms with van der Waals surface area (Å²) in [5, 5.41) is 0. The van der Waals surface area contributed by atoms with E-state index in [9.17, 15) is 8.42 Å². The van der Waals surface area contributed by atoms with Crippen molar-refractivity contribution in [1.29, 1.82) is 0 Å². The van der Waals surface area contributed by atoms with Gasteiger partial charge in [0.05, 0.1) is 6.26 Å². The molecule has 3 nitrogen and oxygen atoms in total. The van der Waals surface area contributed by atoms with Crippen LogP contribution in [0.5, 0.6) is 0 Å². The molecule has 0 spiro atoms. The van der Waals surface area contributed by atoms with Crippen molar-refractivity contribution in [3.63, 3.8) is 0 Å². The summed E-state index contributed by atoms with van der Waals surface area (Å²) in [6.07, 6.45) is 2.11. The first-order valence-electron chi connectivity index (χ1n) is 2.41. The lowest BCUT2D eigenvalue weighted by atomic mass is 10.3. The summed E-state index contributed by atoms with van der Waals surface area (Å²) in [6.45, 7) is 2.34. The Kier molecular flexibility index (Phi) is 1.28. The first-order valence-corrected chi connectivity index (χ1v) is 4.26. The molecule has 1 radical (unpaired) electrons. The van der Waals surface area contributed by atoms with E-state index < -0.39 is 10.0 Å². The molecule has 0 atom stereocenters. The van der Waals surface area contributed by atoms with Crippen LogP contribution in [0.2, 0.25) is 0 Å². The van der Waals surface area contributed by atoms with Crippen LogP contribution in [0.25, 0.3) is 0 Å². The van der Waals surface area contributed by atoms with Crippen LogP contribution in [0.3, 0.4) is 0 Å². The second kappa shape index (κ2) is 1.70. The molecule has 1 heterocycles. The van der Waals surface area contributed by atoms with Crippen molar-refractivity contribution < 1.29 is 8.42 Å². The van der Waals surface area contributed by atoms with Crippen LogP contribution in [-0.4, -0.2) is 25.5 Å². The third-order valence-electron chi connectivity index (χ3n) is 1.11. The number of sulfonamides is 1. The Morgan fingerprint density at radius 2 is 2.12 bits per heavy atom. The largest absolute Gasteiger partial charge is 0.212 e. The van der Waals surface area contributed by atoms with Gasteiger partial charge >= 0.3 is 0 Å². The molecule has 0 N–H and O–H groups in total. The lowest BCUT2D eigenvalue weighted by Gasteiger charge is -2.26. The van der Waals surface area contributed by atoms with E-state index in [4.69, 9.17) is 0 Å². The summed E-state index contributed by atoms with van der Waals surface area (Å²) in [7, 11) is -2.89. The molecule has 0 aromatic rings. The molecule has 4 heteroatoms. The molecule has 1 aliphatic rings. The summed E-state index contributed by atoms with van der Waals surface area (Å²) < 4.78 is 22.4. The molecule has 1 fully saturated rings. The van der Waals surface area contributed by atoms with Crippen molar-refractivity contribution in [2.75, 3.05) is 12.8 Å².